The molecular weight excluding hydrogens is 236 g/mol. The van der Waals surface area contributed by atoms with Gasteiger partial charge in [-0.25, -0.2) is 12.7 Å². The van der Waals surface area contributed by atoms with Gasteiger partial charge in [0.05, 0.1) is 5.75 Å². The van der Waals surface area contributed by atoms with Crippen LogP contribution >= 0.6 is 12.4 Å². The van der Waals surface area contributed by atoms with Crippen LogP contribution in [0.2, 0.25) is 0 Å². The fraction of sp³-hybridized carbons (Fsp3) is 1.00. The first-order valence-electron chi connectivity index (χ1n) is 5.19. The summed E-state index contributed by atoms with van der Waals surface area (Å²) in [5.74, 6) is 0.493. The maximum atomic E-state index is 11.8. The van der Waals surface area contributed by atoms with E-state index in [0.29, 0.717) is 13.1 Å². The van der Waals surface area contributed by atoms with Crippen LogP contribution in [0, 0.1) is 5.92 Å². The first-order valence-corrected chi connectivity index (χ1v) is 6.80. The van der Waals surface area contributed by atoms with Gasteiger partial charge in [0.2, 0.25) is 10.0 Å². The van der Waals surface area contributed by atoms with Crippen LogP contribution in [-0.2, 0) is 10.0 Å². The van der Waals surface area contributed by atoms with E-state index in [1.807, 2.05) is 13.8 Å². The predicted molar refractivity (Wildman–Crippen MR) is 64.7 cm³/mol. The first-order chi connectivity index (χ1) is 6.45. The summed E-state index contributed by atoms with van der Waals surface area (Å²) < 4.78 is 25.2. The van der Waals surface area contributed by atoms with Gasteiger partial charge in [0.25, 0.3) is 0 Å². The van der Waals surface area contributed by atoms with Crippen LogP contribution in [0.25, 0.3) is 0 Å². The van der Waals surface area contributed by atoms with Gasteiger partial charge < -0.3 is 5.73 Å². The molecule has 1 saturated heterocycles. The van der Waals surface area contributed by atoms with Crippen molar-refractivity contribution < 1.29 is 8.42 Å². The zero-order valence-electron chi connectivity index (χ0n) is 9.35. The fourth-order valence-corrected chi connectivity index (χ4v) is 3.56. The number of sulfonamides is 1. The molecule has 92 valence electrons. The molecule has 1 heterocycles. The Hall–Kier alpha value is 0.160. The Morgan fingerprint density at radius 3 is 2.53 bits per heavy atom. The maximum Gasteiger partial charge on any atom is 0.214 e. The standard InChI is InChI=1S/C9H20N2O2S.ClH/c1-3-8(2)7-14(12,13)11-5-4-9(10)6-11;/h8-9H,3-7,10H2,1-2H3;1H/t8?,9-;/m1./s1. The SMILES string of the molecule is CCC(C)CS(=O)(=O)N1CC[C@@H](N)C1.Cl. The summed E-state index contributed by atoms with van der Waals surface area (Å²) in [6.07, 6.45) is 1.69. The minimum atomic E-state index is -3.05. The Morgan fingerprint density at radius 1 is 1.53 bits per heavy atom. The van der Waals surface area contributed by atoms with E-state index in [0.717, 1.165) is 12.8 Å². The van der Waals surface area contributed by atoms with Crippen molar-refractivity contribution in [3.63, 3.8) is 0 Å². The Balaban J connectivity index is 0.00000196. The molecule has 1 aliphatic heterocycles. The van der Waals surface area contributed by atoms with Gasteiger partial charge in [-0.1, -0.05) is 20.3 Å². The molecule has 4 nitrogen and oxygen atoms in total. The lowest BCUT2D eigenvalue weighted by molar-refractivity contribution is 0.460. The molecule has 1 fully saturated rings. The Labute approximate surface area is 98.7 Å². The number of nitrogens with zero attached hydrogens (tertiary/aromatic N) is 1. The molecular formula is C9H21ClN2O2S. The summed E-state index contributed by atoms with van der Waals surface area (Å²) in [4.78, 5) is 0. The number of rotatable bonds is 4. The summed E-state index contributed by atoms with van der Waals surface area (Å²) in [6, 6.07) is 0.0294. The summed E-state index contributed by atoms with van der Waals surface area (Å²) in [5.41, 5.74) is 5.68. The zero-order chi connectivity index (χ0) is 10.8. The van der Waals surface area contributed by atoms with Crippen molar-refractivity contribution >= 4 is 22.4 Å². The van der Waals surface area contributed by atoms with Crippen LogP contribution in [0.5, 0.6) is 0 Å². The largest absolute Gasteiger partial charge is 0.326 e. The molecule has 2 atom stereocenters. The van der Waals surface area contributed by atoms with E-state index >= 15 is 0 Å². The van der Waals surface area contributed by atoms with Crippen LogP contribution in [0.1, 0.15) is 26.7 Å². The number of hydrogen-bond acceptors (Lipinski definition) is 3. The zero-order valence-corrected chi connectivity index (χ0v) is 11.0. The van der Waals surface area contributed by atoms with Crippen molar-refractivity contribution in [2.45, 2.75) is 32.7 Å². The molecule has 0 aromatic rings. The van der Waals surface area contributed by atoms with Crippen LogP contribution in [0.3, 0.4) is 0 Å². The highest BCUT2D eigenvalue weighted by molar-refractivity contribution is 7.89. The number of hydrogen-bond donors (Lipinski definition) is 1. The van der Waals surface area contributed by atoms with Crippen molar-refractivity contribution in [1.29, 1.82) is 0 Å². The highest BCUT2D eigenvalue weighted by Gasteiger charge is 2.30. The molecule has 15 heavy (non-hydrogen) atoms. The third kappa shape index (κ3) is 4.26. The van der Waals surface area contributed by atoms with Gasteiger partial charge in [0.15, 0.2) is 0 Å². The monoisotopic (exact) mass is 256 g/mol. The molecule has 2 N–H and O–H groups in total. The topological polar surface area (TPSA) is 63.4 Å². The third-order valence-corrected chi connectivity index (χ3v) is 4.88. The van der Waals surface area contributed by atoms with Crippen molar-refractivity contribution in [2.75, 3.05) is 18.8 Å². The summed E-state index contributed by atoms with van der Waals surface area (Å²) in [5, 5.41) is 0. The predicted octanol–water partition coefficient (Wildman–Crippen LogP) is 0.817. The maximum absolute atomic E-state index is 11.8. The molecule has 1 unspecified atom stereocenters. The first kappa shape index (κ1) is 15.2. The molecule has 0 aromatic carbocycles. The molecule has 0 bridgehead atoms. The summed E-state index contributed by atoms with van der Waals surface area (Å²) in [6.45, 7) is 5.07. The van der Waals surface area contributed by atoms with Crippen LogP contribution < -0.4 is 5.73 Å². The minimum absolute atomic E-state index is 0. The van der Waals surface area contributed by atoms with Gasteiger partial charge in [-0.05, 0) is 12.3 Å². The smallest absolute Gasteiger partial charge is 0.214 e. The van der Waals surface area contributed by atoms with Gasteiger partial charge in [0, 0.05) is 19.1 Å². The summed E-state index contributed by atoms with van der Waals surface area (Å²) >= 11 is 0. The molecule has 0 aliphatic carbocycles. The van der Waals surface area contributed by atoms with Gasteiger partial charge >= 0.3 is 0 Å². The van der Waals surface area contributed by atoms with Crippen molar-refractivity contribution in [2.24, 2.45) is 11.7 Å². The van der Waals surface area contributed by atoms with Crippen LogP contribution in [0.4, 0.5) is 0 Å². The van der Waals surface area contributed by atoms with Crippen LogP contribution in [-0.4, -0.2) is 37.6 Å². The average Bonchev–Trinajstić information content (AvgIpc) is 2.51. The second-order valence-electron chi connectivity index (χ2n) is 4.20. The van der Waals surface area contributed by atoms with E-state index in [-0.39, 0.29) is 30.1 Å². The molecule has 0 spiro atoms. The van der Waals surface area contributed by atoms with E-state index in [9.17, 15) is 8.42 Å². The Morgan fingerprint density at radius 2 is 2.13 bits per heavy atom. The Kier molecular flexibility index (Phi) is 6.10. The van der Waals surface area contributed by atoms with E-state index in [1.165, 1.54) is 4.31 Å². The molecule has 0 saturated carbocycles. The summed E-state index contributed by atoms with van der Waals surface area (Å²) in [7, 11) is -3.05. The highest BCUT2D eigenvalue weighted by atomic mass is 35.5. The second kappa shape index (κ2) is 6.03. The molecule has 6 heteroatoms. The lowest BCUT2D eigenvalue weighted by atomic mass is 10.2. The number of halogens is 1. The quantitative estimate of drug-likeness (QED) is 0.810. The lowest BCUT2D eigenvalue weighted by Crippen LogP contribution is -2.35. The fourth-order valence-electron chi connectivity index (χ4n) is 1.59. The molecule has 0 radical (unpaired) electrons. The van der Waals surface area contributed by atoms with Gasteiger partial charge in [-0.3, -0.25) is 0 Å². The van der Waals surface area contributed by atoms with Gasteiger partial charge in [-0.15, -0.1) is 12.4 Å². The molecule has 0 aromatic heterocycles. The van der Waals surface area contributed by atoms with E-state index in [2.05, 4.69) is 0 Å². The lowest BCUT2D eigenvalue weighted by Gasteiger charge is -2.18. The molecule has 0 amide bonds. The van der Waals surface area contributed by atoms with Crippen molar-refractivity contribution in [1.82, 2.24) is 4.31 Å². The number of nitrogens with two attached hydrogens (primary N) is 1. The second-order valence-corrected chi connectivity index (χ2v) is 6.21. The normalized spacial score (nSPS) is 24.9. The third-order valence-electron chi connectivity index (χ3n) is 2.77. The molecule has 1 aliphatic rings. The van der Waals surface area contributed by atoms with E-state index in [1.54, 1.807) is 0 Å². The Bertz CT molecular complexity index is 282. The minimum Gasteiger partial charge on any atom is -0.326 e. The van der Waals surface area contributed by atoms with Gasteiger partial charge in [0.1, 0.15) is 0 Å². The molecule has 1 rings (SSSR count). The van der Waals surface area contributed by atoms with E-state index < -0.39 is 10.0 Å². The van der Waals surface area contributed by atoms with Crippen molar-refractivity contribution in [3.8, 4) is 0 Å². The highest BCUT2D eigenvalue weighted by Crippen LogP contribution is 2.16. The van der Waals surface area contributed by atoms with Gasteiger partial charge in [-0.2, -0.15) is 0 Å². The van der Waals surface area contributed by atoms with E-state index in [4.69, 9.17) is 5.73 Å². The van der Waals surface area contributed by atoms with Crippen molar-refractivity contribution in [3.05, 3.63) is 0 Å². The van der Waals surface area contributed by atoms with Crippen LogP contribution in [0.15, 0.2) is 0 Å². The average molecular weight is 257 g/mol.